The number of hydrogen-bond donors (Lipinski definition) is 1. The Hall–Kier alpha value is -2.44. The Kier molecular flexibility index (Phi) is 3.55. The summed E-state index contributed by atoms with van der Waals surface area (Å²) in [6.07, 6.45) is 6.13. The highest BCUT2D eigenvalue weighted by atomic mass is 16.2. The number of carbonyl (C=O) groups is 1. The van der Waals surface area contributed by atoms with Gasteiger partial charge >= 0.3 is 0 Å². The highest BCUT2D eigenvalue weighted by Crippen LogP contribution is 2.38. The van der Waals surface area contributed by atoms with Crippen molar-refractivity contribution in [2.75, 3.05) is 6.54 Å². The van der Waals surface area contributed by atoms with Crippen molar-refractivity contribution in [3.8, 4) is 0 Å². The summed E-state index contributed by atoms with van der Waals surface area (Å²) in [6, 6.07) is 2.77. The van der Waals surface area contributed by atoms with Gasteiger partial charge in [-0.3, -0.25) is 9.59 Å². The third-order valence-corrected chi connectivity index (χ3v) is 3.52. The quantitative estimate of drug-likeness (QED) is 0.856. The zero-order valence-electron chi connectivity index (χ0n) is 11.8. The maximum Gasteiger partial charge on any atom is 0.271 e. The standard InChI is InChI=1S/C14H17N5O2/c1-18-12(20)5-4-11(17-18)14(21)16-7-9-19-8-6-15-13(19)10-2-3-10/h4-6,8,10H,2-3,7,9H2,1H3,(H,16,21). The summed E-state index contributed by atoms with van der Waals surface area (Å²) in [4.78, 5) is 27.5. The van der Waals surface area contributed by atoms with Gasteiger partial charge in [0.2, 0.25) is 0 Å². The molecule has 1 aliphatic carbocycles. The van der Waals surface area contributed by atoms with Gasteiger partial charge in [-0.1, -0.05) is 0 Å². The Balaban J connectivity index is 1.57. The van der Waals surface area contributed by atoms with Crippen molar-refractivity contribution in [1.82, 2.24) is 24.6 Å². The predicted molar refractivity (Wildman–Crippen MR) is 76.0 cm³/mol. The summed E-state index contributed by atoms with van der Waals surface area (Å²) in [7, 11) is 1.52. The van der Waals surface area contributed by atoms with E-state index in [9.17, 15) is 9.59 Å². The van der Waals surface area contributed by atoms with Gasteiger partial charge in [-0.15, -0.1) is 0 Å². The molecule has 7 heteroatoms. The van der Waals surface area contributed by atoms with Crippen LogP contribution in [0.3, 0.4) is 0 Å². The summed E-state index contributed by atoms with van der Waals surface area (Å²) < 4.78 is 3.22. The van der Waals surface area contributed by atoms with Crippen LogP contribution in [0.5, 0.6) is 0 Å². The maximum absolute atomic E-state index is 12.0. The Morgan fingerprint density at radius 3 is 2.95 bits per heavy atom. The maximum atomic E-state index is 12.0. The lowest BCUT2D eigenvalue weighted by Crippen LogP contribution is -2.30. The number of nitrogens with zero attached hydrogens (tertiary/aromatic N) is 4. The molecule has 0 unspecified atom stereocenters. The van der Waals surface area contributed by atoms with Crippen molar-refractivity contribution in [3.63, 3.8) is 0 Å². The molecule has 2 aromatic heterocycles. The third kappa shape index (κ3) is 3.01. The molecule has 0 bridgehead atoms. The van der Waals surface area contributed by atoms with Crippen molar-refractivity contribution >= 4 is 5.91 Å². The van der Waals surface area contributed by atoms with Crippen LogP contribution in [-0.2, 0) is 13.6 Å². The first-order chi connectivity index (χ1) is 10.1. The number of hydrogen-bond acceptors (Lipinski definition) is 4. The van der Waals surface area contributed by atoms with Crippen LogP contribution in [0, 0.1) is 0 Å². The van der Waals surface area contributed by atoms with Gasteiger partial charge in [0.25, 0.3) is 11.5 Å². The number of imidazole rings is 1. The molecule has 0 aromatic carbocycles. The molecule has 0 atom stereocenters. The molecule has 0 saturated heterocycles. The van der Waals surface area contributed by atoms with Crippen molar-refractivity contribution < 1.29 is 4.79 Å². The highest BCUT2D eigenvalue weighted by molar-refractivity contribution is 5.91. The fourth-order valence-corrected chi connectivity index (χ4v) is 2.22. The normalized spacial score (nSPS) is 14.1. The molecule has 7 nitrogen and oxygen atoms in total. The van der Waals surface area contributed by atoms with Crippen LogP contribution in [0.2, 0.25) is 0 Å². The molecule has 21 heavy (non-hydrogen) atoms. The zero-order valence-corrected chi connectivity index (χ0v) is 11.8. The minimum absolute atomic E-state index is 0.237. The lowest BCUT2D eigenvalue weighted by atomic mass is 10.3. The predicted octanol–water partition coefficient (Wildman–Crippen LogP) is 0.284. The second kappa shape index (κ2) is 5.51. The smallest absolute Gasteiger partial charge is 0.271 e. The molecule has 2 aromatic rings. The second-order valence-electron chi connectivity index (χ2n) is 5.19. The molecule has 2 heterocycles. The molecule has 0 aliphatic heterocycles. The minimum atomic E-state index is -0.279. The lowest BCUT2D eigenvalue weighted by Gasteiger charge is -2.08. The monoisotopic (exact) mass is 287 g/mol. The Morgan fingerprint density at radius 1 is 1.43 bits per heavy atom. The van der Waals surface area contributed by atoms with E-state index in [1.165, 1.54) is 32.0 Å². The molecule has 1 saturated carbocycles. The Morgan fingerprint density at radius 2 is 2.24 bits per heavy atom. The van der Waals surface area contributed by atoms with Crippen molar-refractivity contribution in [2.24, 2.45) is 7.05 Å². The topological polar surface area (TPSA) is 81.8 Å². The zero-order chi connectivity index (χ0) is 14.8. The first-order valence-electron chi connectivity index (χ1n) is 6.99. The SMILES string of the molecule is Cn1nc(C(=O)NCCn2ccnc2C2CC2)ccc1=O. The fraction of sp³-hybridized carbons (Fsp3) is 0.429. The average molecular weight is 287 g/mol. The van der Waals surface area contributed by atoms with Gasteiger partial charge in [0.05, 0.1) is 0 Å². The summed E-state index contributed by atoms with van der Waals surface area (Å²) in [5.41, 5.74) is 0.00388. The second-order valence-corrected chi connectivity index (χ2v) is 5.19. The molecule has 1 aliphatic rings. The molecular formula is C14H17N5O2. The molecule has 0 spiro atoms. The third-order valence-electron chi connectivity index (χ3n) is 3.52. The first kappa shape index (κ1) is 13.5. The van der Waals surface area contributed by atoms with Crippen LogP contribution in [-0.4, -0.2) is 31.8 Å². The number of aryl methyl sites for hydroxylation is 1. The minimum Gasteiger partial charge on any atom is -0.349 e. The van der Waals surface area contributed by atoms with Crippen molar-refractivity contribution in [3.05, 3.63) is 46.4 Å². The fourth-order valence-electron chi connectivity index (χ4n) is 2.22. The van der Waals surface area contributed by atoms with E-state index in [0.717, 1.165) is 10.5 Å². The average Bonchev–Trinajstić information content (AvgIpc) is 3.21. The van der Waals surface area contributed by atoms with E-state index in [2.05, 4.69) is 20.0 Å². The summed E-state index contributed by atoms with van der Waals surface area (Å²) in [5.74, 6) is 1.41. The van der Waals surface area contributed by atoms with Gasteiger partial charge in [0.1, 0.15) is 11.5 Å². The van der Waals surface area contributed by atoms with Gasteiger partial charge in [0.15, 0.2) is 0 Å². The molecule has 1 amide bonds. The first-order valence-corrected chi connectivity index (χ1v) is 6.99. The van der Waals surface area contributed by atoms with Crippen LogP contribution in [0.4, 0.5) is 0 Å². The van der Waals surface area contributed by atoms with Gasteiger partial charge in [-0.2, -0.15) is 5.10 Å². The van der Waals surface area contributed by atoms with Gasteiger partial charge < -0.3 is 9.88 Å². The summed E-state index contributed by atoms with van der Waals surface area (Å²) >= 11 is 0. The largest absolute Gasteiger partial charge is 0.349 e. The summed E-state index contributed by atoms with van der Waals surface area (Å²) in [6.45, 7) is 1.18. The molecule has 1 fully saturated rings. The van der Waals surface area contributed by atoms with Gasteiger partial charge in [-0.25, -0.2) is 9.67 Å². The van der Waals surface area contributed by atoms with Gasteiger partial charge in [-0.05, 0) is 18.9 Å². The van der Waals surface area contributed by atoms with E-state index >= 15 is 0 Å². The Bertz CT molecular complexity index is 714. The molecule has 110 valence electrons. The lowest BCUT2D eigenvalue weighted by molar-refractivity contribution is 0.0945. The van der Waals surface area contributed by atoms with E-state index in [1.54, 1.807) is 6.20 Å². The number of nitrogens with one attached hydrogen (secondary N) is 1. The van der Waals surface area contributed by atoms with E-state index in [4.69, 9.17) is 0 Å². The van der Waals surface area contributed by atoms with Crippen LogP contribution < -0.4 is 10.9 Å². The molecule has 1 N–H and O–H groups in total. The van der Waals surface area contributed by atoms with Crippen LogP contribution in [0.25, 0.3) is 0 Å². The van der Waals surface area contributed by atoms with Gasteiger partial charge in [0, 0.05) is 44.5 Å². The Labute approximate surface area is 121 Å². The summed E-state index contributed by atoms with van der Waals surface area (Å²) in [5, 5.41) is 6.72. The number of amides is 1. The molecule has 3 rings (SSSR count). The number of aromatic nitrogens is 4. The van der Waals surface area contributed by atoms with E-state index in [1.807, 2.05) is 6.20 Å². The van der Waals surface area contributed by atoms with Crippen LogP contribution in [0.15, 0.2) is 29.3 Å². The van der Waals surface area contributed by atoms with Crippen molar-refractivity contribution in [2.45, 2.75) is 25.3 Å². The van der Waals surface area contributed by atoms with Crippen LogP contribution in [0.1, 0.15) is 35.1 Å². The number of carbonyl (C=O) groups excluding carboxylic acids is 1. The number of rotatable bonds is 5. The van der Waals surface area contributed by atoms with Crippen molar-refractivity contribution in [1.29, 1.82) is 0 Å². The van der Waals surface area contributed by atoms with Crippen LogP contribution >= 0.6 is 0 Å². The molecular weight excluding hydrogens is 270 g/mol. The van der Waals surface area contributed by atoms with E-state index in [-0.39, 0.29) is 17.2 Å². The van der Waals surface area contributed by atoms with E-state index in [0.29, 0.717) is 19.0 Å². The highest BCUT2D eigenvalue weighted by Gasteiger charge is 2.27. The molecule has 0 radical (unpaired) electrons. The van der Waals surface area contributed by atoms with E-state index < -0.39 is 0 Å².